The lowest BCUT2D eigenvalue weighted by Crippen LogP contribution is -2.15. The lowest BCUT2D eigenvalue weighted by atomic mass is 10.2. The minimum Gasteiger partial charge on any atom is -0.377 e. The second kappa shape index (κ2) is 8.86. The topological polar surface area (TPSA) is 69.0 Å². The van der Waals surface area contributed by atoms with Gasteiger partial charge in [-0.2, -0.15) is 13.2 Å². The van der Waals surface area contributed by atoms with E-state index in [1.54, 1.807) is 10.6 Å². The summed E-state index contributed by atoms with van der Waals surface area (Å²) in [7, 11) is 1.53. The summed E-state index contributed by atoms with van der Waals surface area (Å²) in [6, 6.07) is 4.47. The molecule has 0 aliphatic rings. The third kappa shape index (κ3) is 5.33. The van der Waals surface area contributed by atoms with E-state index >= 15 is 0 Å². The van der Waals surface area contributed by atoms with Crippen molar-refractivity contribution in [2.24, 2.45) is 0 Å². The number of nitrogens with zero attached hydrogens (tertiary/aromatic N) is 3. The molecule has 0 radical (unpaired) electrons. The number of carbonyl (C=O) groups is 1. The van der Waals surface area contributed by atoms with E-state index in [9.17, 15) is 18.0 Å². The quantitative estimate of drug-likeness (QED) is 0.557. The summed E-state index contributed by atoms with van der Waals surface area (Å²) in [5, 5.41) is 10.9. The second-order valence-corrected chi connectivity index (χ2v) is 6.09. The minimum absolute atomic E-state index is 0.0293. The highest BCUT2D eigenvalue weighted by Gasteiger charge is 2.30. The molecule has 10 heteroatoms. The molecule has 1 N–H and O–H groups in total. The molecular formula is C16H17F3N4O2S. The van der Waals surface area contributed by atoms with Crippen LogP contribution in [-0.2, 0) is 28.9 Å². The van der Waals surface area contributed by atoms with E-state index in [2.05, 4.69) is 22.1 Å². The van der Waals surface area contributed by atoms with Crippen LogP contribution in [0.15, 0.2) is 42.1 Å². The number of allylic oxidation sites excluding steroid dienone is 1. The van der Waals surface area contributed by atoms with Crippen LogP contribution in [0.3, 0.4) is 0 Å². The van der Waals surface area contributed by atoms with Crippen molar-refractivity contribution in [3.8, 4) is 0 Å². The zero-order valence-corrected chi connectivity index (χ0v) is 14.7. The first kappa shape index (κ1) is 20.0. The summed E-state index contributed by atoms with van der Waals surface area (Å²) in [6.07, 6.45) is -2.80. The molecule has 1 heterocycles. The predicted molar refractivity (Wildman–Crippen MR) is 91.7 cm³/mol. The number of thioether (sulfide) groups is 1. The maximum absolute atomic E-state index is 12.7. The summed E-state index contributed by atoms with van der Waals surface area (Å²) in [4.78, 5) is 12.0. The zero-order chi connectivity index (χ0) is 19.2. The summed E-state index contributed by atoms with van der Waals surface area (Å²) >= 11 is 1.12. The molecule has 26 heavy (non-hydrogen) atoms. The average Bonchev–Trinajstić information content (AvgIpc) is 2.95. The Morgan fingerprint density at radius 3 is 2.85 bits per heavy atom. The molecule has 2 aromatic rings. The van der Waals surface area contributed by atoms with Gasteiger partial charge in [0, 0.05) is 19.3 Å². The van der Waals surface area contributed by atoms with Crippen molar-refractivity contribution in [2.45, 2.75) is 24.5 Å². The van der Waals surface area contributed by atoms with E-state index in [0.717, 1.165) is 23.9 Å². The Kier molecular flexibility index (Phi) is 6.81. The molecule has 1 aromatic carbocycles. The first-order valence-corrected chi connectivity index (χ1v) is 8.45. The number of alkyl halides is 3. The summed E-state index contributed by atoms with van der Waals surface area (Å²) < 4.78 is 44.9. The molecule has 0 aliphatic heterocycles. The SMILES string of the molecule is C=CCn1c(COC)nnc1SCC(=O)Nc1cccc(C(F)(F)F)c1. The van der Waals surface area contributed by atoms with Gasteiger partial charge in [-0.05, 0) is 18.2 Å². The lowest BCUT2D eigenvalue weighted by Gasteiger charge is -2.10. The van der Waals surface area contributed by atoms with E-state index in [-0.39, 0.29) is 18.0 Å². The molecule has 0 spiro atoms. The number of rotatable bonds is 8. The Morgan fingerprint density at radius 1 is 1.42 bits per heavy atom. The van der Waals surface area contributed by atoms with Crippen molar-refractivity contribution >= 4 is 23.4 Å². The predicted octanol–water partition coefficient (Wildman–Crippen LogP) is 3.36. The number of amides is 1. The van der Waals surface area contributed by atoms with Crippen LogP contribution in [0.4, 0.5) is 18.9 Å². The van der Waals surface area contributed by atoms with Crippen LogP contribution in [0.25, 0.3) is 0 Å². The minimum atomic E-state index is -4.46. The highest BCUT2D eigenvalue weighted by molar-refractivity contribution is 7.99. The maximum atomic E-state index is 12.7. The fourth-order valence-corrected chi connectivity index (χ4v) is 2.84. The fourth-order valence-electron chi connectivity index (χ4n) is 2.07. The normalized spacial score (nSPS) is 11.4. The highest BCUT2D eigenvalue weighted by Crippen LogP contribution is 2.30. The standard InChI is InChI=1S/C16H17F3N4O2S/c1-3-7-23-13(9-25-2)21-22-15(23)26-10-14(24)20-12-6-4-5-11(8-12)16(17,18)19/h3-6,8H,1,7,9-10H2,2H3,(H,20,24). The van der Waals surface area contributed by atoms with Crippen molar-refractivity contribution in [1.29, 1.82) is 0 Å². The Hall–Kier alpha value is -2.33. The number of nitrogens with one attached hydrogen (secondary N) is 1. The van der Waals surface area contributed by atoms with Crippen LogP contribution >= 0.6 is 11.8 Å². The van der Waals surface area contributed by atoms with Gasteiger partial charge in [-0.25, -0.2) is 0 Å². The van der Waals surface area contributed by atoms with Gasteiger partial charge in [0.15, 0.2) is 11.0 Å². The molecule has 0 saturated carbocycles. The maximum Gasteiger partial charge on any atom is 0.416 e. The molecule has 0 saturated heterocycles. The van der Waals surface area contributed by atoms with Gasteiger partial charge in [0.05, 0.1) is 11.3 Å². The van der Waals surface area contributed by atoms with Gasteiger partial charge < -0.3 is 14.6 Å². The first-order valence-electron chi connectivity index (χ1n) is 7.47. The molecule has 2 rings (SSSR count). The largest absolute Gasteiger partial charge is 0.416 e. The molecule has 1 amide bonds. The number of anilines is 1. The third-order valence-electron chi connectivity index (χ3n) is 3.18. The number of benzene rings is 1. The number of halogens is 3. The van der Waals surface area contributed by atoms with Crippen molar-refractivity contribution in [3.05, 3.63) is 48.3 Å². The van der Waals surface area contributed by atoms with E-state index in [0.29, 0.717) is 17.5 Å². The van der Waals surface area contributed by atoms with Crippen molar-refractivity contribution in [3.63, 3.8) is 0 Å². The van der Waals surface area contributed by atoms with Gasteiger partial charge in [-0.15, -0.1) is 16.8 Å². The van der Waals surface area contributed by atoms with Crippen LogP contribution < -0.4 is 5.32 Å². The van der Waals surface area contributed by atoms with Crippen LogP contribution in [0, 0.1) is 0 Å². The number of hydrogen-bond acceptors (Lipinski definition) is 5. The van der Waals surface area contributed by atoms with Crippen LogP contribution in [0.1, 0.15) is 11.4 Å². The summed E-state index contributed by atoms with van der Waals surface area (Å²) in [5.74, 6) is 0.113. The monoisotopic (exact) mass is 386 g/mol. The Labute approximate surface area is 152 Å². The third-order valence-corrected chi connectivity index (χ3v) is 4.15. The molecule has 0 aliphatic carbocycles. The van der Waals surface area contributed by atoms with Gasteiger partial charge in [-0.1, -0.05) is 23.9 Å². The first-order chi connectivity index (χ1) is 12.3. The number of hydrogen-bond donors (Lipinski definition) is 1. The molecule has 0 bridgehead atoms. The number of carbonyl (C=O) groups excluding carboxylic acids is 1. The molecule has 140 valence electrons. The van der Waals surface area contributed by atoms with Crippen molar-refractivity contribution < 1.29 is 22.7 Å². The van der Waals surface area contributed by atoms with E-state index in [1.165, 1.54) is 19.2 Å². The summed E-state index contributed by atoms with van der Waals surface area (Å²) in [6.45, 7) is 4.37. The van der Waals surface area contributed by atoms with Crippen LogP contribution in [0.5, 0.6) is 0 Å². The van der Waals surface area contributed by atoms with Crippen molar-refractivity contribution in [2.75, 3.05) is 18.2 Å². The fraction of sp³-hybridized carbons (Fsp3) is 0.312. The Bertz CT molecular complexity index is 777. The lowest BCUT2D eigenvalue weighted by molar-refractivity contribution is -0.137. The number of aromatic nitrogens is 3. The smallest absolute Gasteiger partial charge is 0.377 e. The van der Waals surface area contributed by atoms with Crippen LogP contribution in [0.2, 0.25) is 0 Å². The molecular weight excluding hydrogens is 369 g/mol. The van der Waals surface area contributed by atoms with E-state index < -0.39 is 17.6 Å². The van der Waals surface area contributed by atoms with Gasteiger partial charge in [0.1, 0.15) is 6.61 Å². The van der Waals surface area contributed by atoms with Gasteiger partial charge in [0.25, 0.3) is 0 Å². The van der Waals surface area contributed by atoms with E-state index in [1.807, 2.05) is 0 Å². The Morgan fingerprint density at radius 2 is 2.19 bits per heavy atom. The molecule has 6 nitrogen and oxygen atoms in total. The van der Waals surface area contributed by atoms with Crippen LogP contribution in [-0.4, -0.2) is 33.5 Å². The molecule has 0 fully saturated rings. The highest BCUT2D eigenvalue weighted by atomic mass is 32.2. The molecule has 1 aromatic heterocycles. The average molecular weight is 386 g/mol. The van der Waals surface area contributed by atoms with Gasteiger partial charge >= 0.3 is 6.18 Å². The van der Waals surface area contributed by atoms with Gasteiger partial charge in [-0.3, -0.25) is 4.79 Å². The van der Waals surface area contributed by atoms with Crippen molar-refractivity contribution in [1.82, 2.24) is 14.8 Å². The summed E-state index contributed by atoms with van der Waals surface area (Å²) in [5.41, 5.74) is -0.740. The molecule has 0 atom stereocenters. The van der Waals surface area contributed by atoms with E-state index in [4.69, 9.17) is 4.74 Å². The van der Waals surface area contributed by atoms with Gasteiger partial charge in [0.2, 0.25) is 5.91 Å². The number of ether oxygens (including phenoxy) is 1. The Balaban J connectivity index is 2.00. The zero-order valence-electron chi connectivity index (χ0n) is 13.9. The number of methoxy groups -OCH3 is 1. The second-order valence-electron chi connectivity index (χ2n) is 5.15. The molecule has 0 unspecified atom stereocenters.